The first-order valence-electron chi connectivity index (χ1n) is 6.06. The van der Waals surface area contributed by atoms with E-state index < -0.39 is 0 Å². The molecular weight excluding hydrogens is 212 g/mol. The maximum absolute atomic E-state index is 10.1. The third-order valence-electron chi connectivity index (χ3n) is 2.96. The quantitative estimate of drug-likeness (QED) is 0.875. The molecule has 0 fully saturated rings. The molecule has 0 aliphatic carbocycles. The van der Waals surface area contributed by atoms with Crippen molar-refractivity contribution >= 4 is 0 Å². The van der Waals surface area contributed by atoms with Gasteiger partial charge < -0.3 is 5.11 Å². The zero-order valence-electron chi connectivity index (χ0n) is 10.3. The predicted octanol–water partition coefficient (Wildman–Crippen LogP) is 3.23. The van der Waals surface area contributed by atoms with Crippen molar-refractivity contribution in [3.05, 3.63) is 41.6 Å². The van der Waals surface area contributed by atoms with Gasteiger partial charge in [0.2, 0.25) is 5.88 Å². The fourth-order valence-corrected chi connectivity index (χ4v) is 1.90. The van der Waals surface area contributed by atoms with E-state index >= 15 is 0 Å². The number of hydrogen-bond acceptors (Lipinski definition) is 2. The lowest BCUT2D eigenvalue weighted by Crippen LogP contribution is -1.98. The number of rotatable bonds is 4. The molecule has 0 spiro atoms. The summed E-state index contributed by atoms with van der Waals surface area (Å²) < 4.78 is 1.61. The van der Waals surface area contributed by atoms with E-state index in [1.54, 1.807) is 10.9 Å². The SMILES string of the molecule is CCCCc1cnn(-c2ccccc2C)c1O. The summed E-state index contributed by atoms with van der Waals surface area (Å²) in [7, 11) is 0. The van der Waals surface area contributed by atoms with Gasteiger partial charge in [0.25, 0.3) is 0 Å². The minimum atomic E-state index is 0.271. The van der Waals surface area contributed by atoms with E-state index in [0.29, 0.717) is 0 Å². The van der Waals surface area contributed by atoms with Crippen LogP contribution in [-0.2, 0) is 6.42 Å². The molecule has 2 rings (SSSR count). The average molecular weight is 230 g/mol. The van der Waals surface area contributed by atoms with Crippen molar-refractivity contribution in [3.8, 4) is 11.6 Å². The molecule has 17 heavy (non-hydrogen) atoms. The Balaban J connectivity index is 2.34. The maximum atomic E-state index is 10.1. The van der Waals surface area contributed by atoms with Crippen LogP contribution in [-0.4, -0.2) is 14.9 Å². The van der Waals surface area contributed by atoms with E-state index in [4.69, 9.17) is 0 Å². The highest BCUT2D eigenvalue weighted by Crippen LogP contribution is 2.24. The van der Waals surface area contributed by atoms with Crippen LogP contribution < -0.4 is 0 Å². The zero-order valence-corrected chi connectivity index (χ0v) is 10.3. The third-order valence-corrected chi connectivity index (χ3v) is 2.96. The molecule has 0 atom stereocenters. The van der Waals surface area contributed by atoms with E-state index in [-0.39, 0.29) is 5.88 Å². The van der Waals surface area contributed by atoms with Crippen molar-refractivity contribution in [3.63, 3.8) is 0 Å². The number of benzene rings is 1. The van der Waals surface area contributed by atoms with Crippen LogP contribution in [0.5, 0.6) is 5.88 Å². The highest BCUT2D eigenvalue weighted by atomic mass is 16.3. The van der Waals surface area contributed by atoms with Crippen molar-refractivity contribution < 1.29 is 5.11 Å². The second-order valence-electron chi connectivity index (χ2n) is 4.30. The molecule has 0 saturated heterocycles. The van der Waals surface area contributed by atoms with Crippen molar-refractivity contribution in [1.29, 1.82) is 0 Å². The van der Waals surface area contributed by atoms with E-state index in [2.05, 4.69) is 12.0 Å². The van der Waals surface area contributed by atoms with E-state index in [1.165, 1.54) is 0 Å². The summed E-state index contributed by atoms with van der Waals surface area (Å²) in [6.45, 7) is 4.16. The molecule has 0 radical (unpaired) electrons. The first kappa shape index (κ1) is 11.7. The van der Waals surface area contributed by atoms with Crippen LogP contribution in [0.3, 0.4) is 0 Å². The lowest BCUT2D eigenvalue weighted by atomic mass is 10.1. The Morgan fingerprint density at radius 3 is 2.76 bits per heavy atom. The lowest BCUT2D eigenvalue weighted by molar-refractivity contribution is 0.427. The van der Waals surface area contributed by atoms with E-state index in [0.717, 1.165) is 36.1 Å². The van der Waals surface area contributed by atoms with Gasteiger partial charge in [0.05, 0.1) is 11.9 Å². The van der Waals surface area contributed by atoms with Gasteiger partial charge in [-0.3, -0.25) is 0 Å². The Kier molecular flexibility index (Phi) is 3.47. The molecule has 3 heteroatoms. The van der Waals surface area contributed by atoms with Crippen LogP contribution in [0.15, 0.2) is 30.5 Å². The van der Waals surface area contributed by atoms with Crippen molar-refractivity contribution in [1.82, 2.24) is 9.78 Å². The van der Waals surface area contributed by atoms with Gasteiger partial charge in [-0.25, -0.2) is 4.68 Å². The highest BCUT2D eigenvalue weighted by molar-refractivity contribution is 5.43. The topological polar surface area (TPSA) is 38.0 Å². The number of nitrogens with zero attached hydrogens (tertiary/aromatic N) is 2. The monoisotopic (exact) mass is 230 g/mol. The fraction of sp³-hybridized carbons (Fsp3) is 0.357. The van der Waals surface area contributed by atoms with E-state index in [9.17, 15) is 5.11 Å². The van der Waals surface area contributed by atoms with Crippen LogP contribution >= 0.6 is 0 Å². The molecule has 1 N–H and O–H groups in total. The molecule has 0 aliphatic rings. The summed E-state index contributed by atoms with van der Waals surface area (Å²) in [6.07, 6.45) is 4.84. The summed E-state index contributed by atoms with van der Waals surface area (Å²) in [4.78, 5) is 0. The number of aryl methyl sites for hydroxylation is 2. The third kappa shape index (κ3) is 2.33. The first-order chi connectivity index (χ1) is 8.24. The van der Waals surface area contributed by atoms with Gasteiger partial charge in [0.1, 0.15) is 0 Å². The molecule has 1 heterocycles. The Hall–Kier alpha value is -1.77. The molecular formula is C14H18N2O. The summed E-state index contributed by atoms with van der Waals surface area (Å²) in [5.41, 5.74) is 2.97. The molecule has 3 nitrogen and oxygen atoms in total. The van der Waals surface area contributed by atoms with Gasteiger partial charge >= 0.3 is 0 Å². The number of aromatic nitrogens is 2. The van der Waals surface area contributed by atoms with Gasteiger partial charge in [-0.2, -0.15) is 5.10 Å². The Morgan fingerprint density at radius 2 is 2.06 bits per heavy atom. The fourth-order valence-electron chi connectivity index (χ4n) is 1.90. The van der Waals surface area contributed by atoms with Gasteiger partial charge in [-0.15, -0.1) is 0 Å². The van der Waals surface area contributed by atoms with Gasteiger partial charge in [-0.05, 0) is 31.4 Å². The summed E-state index contributed by atoms with van der Waals surface area (Å²) >= 11 is 0. The summed E-state index contributed by atoms with van der Waals surface area (Å²) in [5.74, 6) is 0.271. The number of hydrogen-bond donors (Lipinski definition) is 1. The highest BCUT2D eigenvalue weighted by Gasteiger charge is 2.11. The van der Waals surface area contributed by atoms with Gasteiger partial charge in [0.15, 0.2) is 0 Å². The normalized spacial score (nSPS) is 10.7. The van der Waals surface area contributed by atoms with Crippen LogP contribution in [0.25, 0.3) is 5.69 Å². The number of aromatic hydroxyl groups is 1. The van der Waals surface area contributed by atoms with Crippen molar-refractivity contribution in [2.24, 2.45) is 0 Å². The second kappa shape index (κ2) is 5.04. The van der Waals surface area contributed by atoms with Crippen molar-refractivity contribution in [2.45, 2.75) is 33.1 Å². The minimum absolute atomic E-state index is 0.271. The lowest BCUT2D eigenvalue weighted by Gasteiger charge is -2.06. The zero-order chi connectivity index (χ0) is 12.3. The number of para-hydroxylation sites is 1. The molecule has 0 aliphatic heterocycles. The summed E-state index contributed by atoms with van der Waals surface area (Å²) in [6, 6.07) is 7.92. The first-order valence-corrected chi connectivity index (χ1v) is 6.06. The average Bonchev–Trinajstić information content (AvgIpc) is 2.69. The molecule has 0 bridgehead atoms. The van der Waals surface area contributed by atoms with Crippen molar-refractivity contribution in [2.75, 3.05) is 0 Å². The number of unbranched alkanes of at least 4 members (excludes halogenated alkanes) is 1. The largest absolute Gasteiger partial charge is 0.493 e. The van der Waals surface area contributed by atoms with Gasteiger partial charge in [0, 0.05) is 5.56 Å². The molecule has 1 aromatic heterocycles. The smallest absolute Gasteiger partial charge is 0.217 e. The molecule has 0 saturated carbocycles. The maximum Gasteiger partial charge on any atom is 0.217 e. The molecule has 0 amide bonds. The van der Waals surface area contributed by atoms with Crippen LogP contribution in [0.4, 0.5) is 0 Å². The minimum Gasteiger partial charge on any atom is -0.493 e. The standard InChI is InChI=1S/C14H18N2O/c1-3-4-8-12-10-15-16(14(12)17)13-9-6-5-7-11(13)2/h5-7,9-10,17H,3-4,8H2,1-2H3. The predicted molar refractivity (Wildman–Crippen MR) is 68.6 cm³/mol. The molecule has 2 aromatic rings. The second-order valence-corrected chi connectivity index (χ2v) is 4.30. The van der Waals surface area contributed by atoms with Crippen LogP contribution in [0.2, 0.25) is 0 Å². The van der Waals surface area contributed by atoms with E-state index in [1.807, 2.05) is 31.2 Å². The Labute approximate surface area is 102 Å². The Morgan fingerprint density at radius 1 is 1.29 bits per heavy atom. The summed E-state index contributed by atoms with van der Waals surface area (Å²) in [5, 5.41) is 14.4. The van der Waals surface area contributed by atoms with Gasteiger partial charge in [-0.1, -0.05) is 31.5 Å². The van der Waals surface area contributed by atoms with Crippen LogP contribution in [0.1, 0.15) is 30.9 Å². The molecule has 1 aromatic carbocycles. The van der Waals surface area contributed by atoms with Crippen LogP contribution in [0, 0.1) is 6.92 Å². The molecule has 90 valence electrons. The Bertz CT molecular complexity index is 503. The molecule has 0 unspecified atom stereocenters.